The predicted molar refractivity (Wildman–Crippen MR) is 62.1 cm³/mol. The van der Waals surface area contributed by atoms with Crippen LogP contribution in [0.15, 0.2) is 24.8 Å². The Hall–Kier alpha value is -0.350. The number of thiophene rings is 1. The van der Waals surface area contributed by atoms with E-state index >= 15 is 0 Å². The van der Waals surface area contributed by atoms with Crippen molar-refractivity contribution >= 4 is 22.9 Å². The lowest BCUT2D eigenvalue weighted by Crippen LogP contribution is -2.18. The topological polar surface area (TPSA) is 21.3 Å². The summed E-state index contributed by atoms with van der Waals surface area (Å²) in [5.74, 6) is 0. The minimum absolute atomic E-state index is 0.618. The van der Waals surface area contributed by atoms with Crippen molar-refractivity contribution in [1.82, 2.24) is 5.32 Å². The predicted octanol–water partition coefficient (Wildman–Crippen LogP) is 2.69. The maximum atomic E-state index is 5.80. The molecule has 1 rings (SSSR count). The Morgan fingerprint density at radius 1 is 1.57 bits per heavy atom. The van der Waals surface area contributed by atoms with Gasteiger partial charge < -0.3 is 10.1 Å². The third kappa shape index (κ3) is 4.77. The van der Waals surface area contributed by atoms with E-state index in [1.54, 1.807) is 17.4 Å². The highest BCUT2D eigenvalue weighted by Crippen LogP contribution is 2.20. The summed E-state index contributed by atoms with van der Waals surface area (Å²) >= 11 is 7.40. The fourth-order valence-electron chi connectivity index (χ4n) is 0.969. The fourth-order valence-corrected chi connectivity index (χ4v) is 2.03. The van der Waals surface area contributed by atoms with Crippen LogP contribution in [0.2, 0.25) is 4.34 Å². The molecular formula is C10H14ClNOS. The van der Waals surface area contributed by atoms with E-state index in [1.165, 1.54) is 4.88 Å². The van der Waals surface area contributed by atoms with Crippen LogP contribution in [0.3, 0.4) is 0 Å². The van der Waals surface area contributed by atoms with Crippen molar-refractivity contribution in [3.8, 4) is 0 Å². The second-order valence-corrected chi connectivity index (χ2v) is 4.55. The van der Waals surface area contributed by atoms with Crippen molar-refractivity contribution in [2.75, 3.05) is 19.8 Å². The lowest BCUT2D eigenvalue weighted by Gasteiger charge is -2.02. The maximum Gasteiger partial charge on any atom is 0.0931 e. The van der Waals surface area contributed by atoms with Crippen LogP contribution in [0.1, 0.15) is 4.88 Å². The summed E-state index contributed by atoms with van der Waals surface area (Å²) < 4.78 is 6.06. The number of rotatable bonds is 7. The summed E-state index contributed by atoms with van der Waals surface area (Å²) in [7, 11) is 0. The molecule has 0 saturated heterocycles. The van der Waals surface area contributed by atoms with Gasteiger partial charge in [0.1, 0.15) is 0 Å². The van der Waals surface area contributed by atoms with Crippen LogP contribution in [0.25, 0.3) is 0 Å². The summed E-state index contributed by atoms with van der Waals surface area (Å²) in [6, 6.07) is 3.95. The van der Waals surface area contributed by atoms with Crippen LogP contribution >= 0.6 is 22.9 Å². The Balaban J connectivity index is 2.01. The van der Waals surface area contributed by atoms with Gasteiger partial charge in [0.25, 0.3) is 0 Å². The van der Waals surface area contributed by atoms with E-state index in [4.69, 9.17) is 16.3 Å². The van der Waals surface area contributed by atoms with E-state index in [-0.39, 0.29) is 0 Å². The number of ether oxygens (including phenoxy) is 1. The van der Waals surface area contributed by atoms with Crippen LogP contribution in [-0.4, -0.2) is 19.8 Å². The van der Waals surface area contributed by atoms with Crippen LogP contribution < -0.4 is 5.32 Å². The normalized spacial score (nSPS) is 10.4. The largest absolute Gasteiger partial charge is 0.376 e. The van der Waals surface area contributed by atoms with Crippen LogP contribution in [-0.2, 0) is 11.3 Å². The van der Waals surface area contributed by atoms with Crippen molar-refractivity contribution in [3.05, 3.63) is 34.0 Å². The van der Waals surface area contributed by atoms with Gasteiger partial charge in [0, 0.05) is 18.0 Å². The first kappa shape index (κ1) is 11.7. The molecule has 14 heavy (non-hydrogen) atoms. The van der Waals surface area contributed by atoms with Crippen molar-refractivity contribution in [3.63, 3.8) is 0 Å². The third-order valence-electron chi connectivity index (χ3n) is 1.59. The van der Waals surface area contributed by atoms with E-state index in [2.05, 4.69) is 11.9 Å². The van der Waals surface area contributed by atoms with E-state index in [1.807, 2.05) is 12.1 Å². The number of nitrogens with one attached hydrogen (secondary N) is 1. The molecular weight excluding hydrogens is 218 g/mol. The van der Waals surface area contributed by atoms with Gasteiger partial charge in [-0.05, 0) is 12.1 Å². The average Bonchev–Trinajstić information content (AvgIpc) is 2.58. The zero-order valence-corrected chi connectivity index (χ0v) is 9.53. The molecule has 4 heteroatoms. The second-order valence-electron chi connectivity index (χ2n) is 2.75. The van der Waals surface area contributed by atoms with Gasteiger partial charge in [0.05, 0.1) is 17.6 Å². The molecule has 0 aliphatic carbocycles. The quantitative estimate of drug-likeness (QED) is 0.576. The SMILES string of the molecule is C=CCOCCNCc1ccc(Cl)s1. The zero-order chi connectivity index (χ0) is 10.2. The van der Waals surface area contributed by atoms with Crippen molar-refractivity contribution in [1.29, 1.82) is 0 Å². The van der Waals surface area contributed by atoms with E-state index in [9.17, 15) is 0 Å². The molecule has 0 radical (unpaired) electrons. The molecule has 0 aliphatic rings. The second kappa shape index (κ2) is 7.01. The monoisotopic (exact) mass is 231 g/mol. The van der Waals surface area contributed by atoms with Crippen molar-refractivity contribution < 1.29 is 4.74 Å². The van der Waals surface area contributed by atoms with Gasteiger partial charge in [-0.2, -0.15) is 0 Å². The van der Waals surface area contributed by atoms with Crippen LogP contribution in [0, 0.1) is 0 Å². The maximum absolute atomic E-state index is 5.80. The highest BCUT2D eigenvalue weighted by molar-refractivity contribution is 7.16. The van der Waals surface area contributed by atoms with Gasteiger partial charge in [-0.15, -0.1) is 17.9 Å². The minimum Gasteiger partial charge on any atom is -0.376 e. The van der Waals surface area contributed by atoms with Gasteiger partial charge in [0.15, 0.2) is 0 Å². The third-order valence-corrected chi connectivity index (χ3v) is 2.82. The molecule has 1 heterocycles. The number of hydrogen-bond acceptors (Lipinski definition) is 3. The number of hydrogen-bond donors (Lipinski definition) is 1. The first-order chi connectivity index (χ1) is 6.83. The first-order valence-corrected chi connectivity index (χ1v) is 5.66. The first-order valence-electron chi connectivity index (χ1n) is 4.46. The Morgan fingerprint density at radius 3 is 3.07 bits per heavy atom. The molecule has 0 amide bonds. The van der Waals surface area contributed by atoms with E-state index in [0.29, 0.717) is 13.2 Å². The van der Waals surface area contributed by atoms with Crippen molar-refractivity contribution in [2.24, 2.45) is 0 Å². The summed E-state index contributed by atoms with van der Waals surface area (Å²) in [5, 5.41) is 3.27. The highest BCUT2D eigenvalue weighted by Gasteiger charge is 1.96. The molecule has 0 bridgehead atoms. The molecule has 1 N–H and O–H groups in total. The van der Waals surface area contributed by atoms with Crippen LogP contribution in [0.4, 0.5) is 0 Å². The molecule has 0 fully saturated rings. The Labute approximate surface area is 93.5 Å². The number of halogens is 1. The molecule has 1 aromatic rings. The van der Waals surface area contributed by atoms with Gasteiger partial charge >= 0.3 is 0 Å². The van der Waals surface area contributed by atoms with Gasteiger partial charge in [0.2, 0.25) is 0 Å². The minimum atomic E-state index is 0.618. The van der Waals surface area contributed by atoms with Gasteiger partial charge in [-0.1, -0.05) is 17.7 Å². The Morgan fingerprint density at radius 2 is 2.43 bits per heavy atom. The smallest absolute Gasteiger partial charge is 0.0931 e. The average molecular weight is 232 g/mol. The van der Waals surface area contributed by atoms with Crippen molar-refractivity contribution in [2.45, 2.75) is 6.54 Å². The molecule has 0 unspecified atom stereocenters. The lowest BCUT2D eigenvalue weighted by atomic mass is 10.4. The summed E-state index contributed by atoms with van der Waals surface area (Å²) in [5.41, 5.74) is 0. The van der Waals surface area contributed by atoms with E-state index in [0.717, 1.165) is 17.4 Å². The Bertz CT molecular complexity index is 275. The van der Waals surface area contributed by atoms with Gasteiger partial charge in [-0.3, -0.25) is 0 Å². The molecule has 2 nitrogen and oxygen atoms in total. The van der Waals surface area contributed by atoms with Crippen LogP contribution in [0.5, 0.6) is 0 Å². The molecule has 0 aliphatic heterocycles. The summed E-state index contributed by atoms with van der Waals surface area (Å²) in [6.45, 7) is 6.61. The standard InChI is InChI=1S/C10H14ClNOS/c1-2-6-13-7-5-12-8-9-3-4-10(11)14-9/h2-4,12H,1,5-8H2. The zero-order valence-electron chi connectivity index (χ0n) is 7.96. The molecule has 1 aromatic heterocycles. The Kier molecular flexibility index (Phi) is 5.87. The molecule has 0 atom stereocenters. The summed E-state index contributed by atoms with van der Waals surface area (Å²) in [6.07, 6.45) is 1.75. The van der Waals surface area contributed by atoms with E-state index < -0.39 is 0 Å². The molecule has 0 spiro atoms. The summed E-state index contributed by atoms with van der Waals surface area (Å²) in [4.78, 5) is 1.25. The fraction of sp³-hybridized carbons (Fsp3) is 0.400. The molecule has 0 aromatic carbocycles. The van der Waals surface area contributed by atoms with Gasteiger partial charge in [-0.25, -0.2) is 0 Å². The lowest BCUT2D eigenvalue weighted by molar-refractivity contribution is 0.164. The molecule has 0 saturated carbocycles. The highest BCUT2D eigenvalue weighted by atomic mass is 35.5. The molecule has 78 valence electrons.